The number of carbonyl (C=O) groups is 1. The van der Waals surface area contributed by atoms with E-state index < -0.39 is 0 Å². The molecular formula is C19H24N2O2. The summed E-state index contributed by atoms with van der Waals surface area (Å²) in [4.78, 5) is 12.0. The van der Waals surface area contributed by atoms with Crippen LogP contribution in [0.2, 0.25) is 0 Å². The van der Waals surface area contributed by atoms with Crippen LogP contribution in [0.15, 0.2) is 48.5 Å². The zero-order chi connectivity index (χ0) is 16.5. The SMILES string of the molecule is CCc1ccccc1NC(=O)CNCCc1cccc(OC)c1. The van der Waals surface area contributed by atoms with Crippen LogP contribution in [0, 0.1) is 0 Å². The monoisotopic (exact) mass is 312 g/mol. The Bertz CT molecular complexity index is 641. The molecule has 0 saturated heterocycles. The van der Waals surface area contributed by atoms with Crippen molar-refractivity contribution in [3.63, 3.8) is 0 Å². The summed E-state index contributed by atoms with van der Waals surface area (Å²) in [7, 11) is 1.66. The van der Waals surface area contributed by atoms with E-state index >= 15 is 0 Å². The minimum atomic E-state index is -0.0171. The van der Waals surface area contributed by atoms with Gasteiger partial charge in [-0.1, -0.05) is 37.3 Å². The molecule has 2 aromatic rings. The predicted octanol–water partition coefficient (Wildman–Crippen LogP) is 3.03. The molecule has 0 bridgehead atoms. The molecule has 4 heteroatoms. The average molecular weight is 312 g/mol. The van der Waals surface area contributed by atoms with Gasteiger partial charge in [-0.05, 0) is 48.7 Å². The Kier molecular flexibility index (Phi) is 6.63. The third-order valence-corrected chi connectivity index (χ3v) is 3.68. The Hall–Kier alpha value is -2.33. The molecule has 0 spiro atoms. The minimum Gasteiger partial charge on any atom is -0.497 e. The highest BCUT2D eigenvalue weighted by Gasteiger charge is 2.05. The molecule has 23 heavy (non-hydrogen) atoms. The van der Waals surface area contributed by atoms with Crippen molar-refractivity contribution in [2.24, 2.45) is 0 Å². The highest BCUT2D eigenvalue weighted by Crippen LogP contribution is 2.15. The third kappa shape index (κ3) is 5.42. The molecule has 0 aliphatic rings. The van der Waals surface area contributed by atoms with Gasteiger partial charge < -0.3 is 15.4 Å². The first-order valence-electron chi connectivity index (χ1n) is 7.94. The maximum atomic E-state index is 12.0. The molecule has 0 atom stereocenters. The first-order chi connectivity index (χ1) is 11.2. The molecular weight excluding hydrogens is 288 g/mol. The molecule has 0 aliphatic carbocycles. The summed E-state index contributed by atoms with van der Waals surface area (Å²) in [6.45, 7) is 3.13. The number of methoxy groups -OCH3 is 1. The number of hydrogen-bond donors (Lipinski definition) is 2. The highest BCUT2D eigenvalue weighted by atomic mass is 16.5. The number of benzene rings is 2. The van der Waals surface area contributed by atoms with Crippen LogP contribution < -0.4 is 15.4 Å². The molecule has 0 radical (unpaired) electrons. The molecule has 2 N–H and O–H groups in total. The zero-order valence-corrected chi connectivity index (χ0v) is 13.8. The second kappa shape index (κ2) is 8.96. The van der Waals surface area contributed by atoms with Gasteiger partial charge in [-0.2, -0.15) is 0 Å². The van der Waals surface area contributed by atoms with Crippen LogP contribution in [0.3, 0.4) is 0 Å². The number of nitrogens with one attached hydrogen (secondary N) is 2. The van der Waals surface area contributed by atoms with Crippen molar-refractivity contribution in [3.8, 4) is 5.75 Å². The Labute approximate surface area is 137 Å². The first kappa shape index (κ1) is 17.0. The Balaban J connectivity index is 1.74. The standard InChI is InChI=1S/C19H24N2O2/c1-3-16-8-4-5-10-18(16)21-19(22)14-20-12-11-15-7-6-9-17(13-15)23-2/h4-10,13,20H,3,11-12,14H2,1-2H3,(H,21,22). The van der Waals surface area contributed by atoms with E-state index in [0.717, 1.165) is 36.4 Å². The van der Waals surface area contributed by atoms with Crippen LogP contribution in [-0.2, 0) is 17.6 Å². The molecule has 0 aromatic heterocycles. The predicted molar refractivity (Wildman–Crippen MR) is 94.0 cm³/mol. The van der Waals surface area contributed by atoms with E-state index in [1.165, 1.54) is 5.56 Å². The van der Waals surface area contributed by atoms with Crippen LogP contribution in [0.25, 0.3) is 0 Å². The van der Waals surface area contributed by atoms with Gasteiger partial charge in [-0.25, -0.2) is 0 Å². The molecule has 1 amide bonds. The van der Waals surface area contributed by atoms with Crippen molar-refractivity contribution in [1.29, 1.82) is 0 Å². The summed E-state index contributed by atoms with van der Waals surface area (Å²) >= 11 is 0. The third-order valence-electron chi connectivity index (χ3n) is 3.68. The molecule has 0 unspecified atom stereocenters. The van der Waals surface area contributed by atoms with E-state index in [2.05, 4.69) is 23.6 Å². The topological polar surface area (TPSA) is 50.4 Å². The quantitative estimate of drug-likeness (QED) is 0.737. The van der Waals surface area contributed by atoms with Crippen molar-refractivity contribution in [2.45, 2.75) is 19.8 Å². The van der Waals surface area contributed by atoms with E-state index in [0.29, 0.717) is 6.54 Å². The Morgan fingerprint density at radius 3 is 2.74 bits per heavy atom. The lowest BCUT2D eigenvalue weighted by molar-refractivity contribution is -0.115. The number of aryl methyl sites for hydroxylation is 1. The van der Waals surface area contributed by atoms with Gasteiger partial charge in [0.15, 0.2) is 0 Å². The number of rotatable bonds is 8. The summed E-state index contributed by atoms with van der Waals surface area (Å²) in [6.07, 6.45) is 1.76. The molecule has 122 valence electrons. The Morgan fingerprint density at radius 2 is 1.96 bits per heavy atom. The summed E-state index contributed by atoms with van der Waals surface area (Å²) < 4.78 is 5.20. The lowest BCUT2D eigenvalue weighted by Gasteiger charge is -2.10. The maximum Gasteiger partial charge on any atom is 0.238 e. The first-order valence-corrected chi connectivity index (χ1v) is 7.94. The van der Waals surface area contributed by atoms with Crippen molar-refractivity contribution in [3.05, 3.63) is 59.7 Å². The van der Waals surface area contributed by atoms with Crippen molar-refractivity contribution in [2.75, 3.05) is 25.5 Å². The normalized spacial score (nSPS) is 10.3. The number of carbonyl (C=O) groups excluding carboxylic acids is 1. The molecule has 0 aliphatic heterocycles. The second-order valence-corrected chi connectivity index (χ2v) is 5.34. The largest absolute Gasteiger partial charge is 0.497 e. The smallest absolute Gasteiger partial charge is 0.238 e. The molecule has 0 heterocycles. The molecule has 0 saturated carbocycles. The van der Waals surface area contributed by atoms with Gasteiger partial charge in [0.1, 0.15) is 5.75 Å². The number of para-hydroxylation sites is 1. The van der Waals surface area contributed by atoms with Crippen LogP contribution in [0.5, 0.6) is 5.75 Å². The van der Waals surface area contributed by atoms with E-state index in [4.69, 9.17) is 4.74 Å². The molecule has 4 nitrogen and oxygen atoms in total. The van der Waals surface area contributed by atoms with Crippen LogP contribution >= 0.6 is 0 Å². The summed E-state index contributed by atoms with van der Waals surface area (Å²) in [5.41, 5.74) is 3.24. The summed E-state index contributed by atoms with van der Waals surface area (Å²) in [6, 6.07) is 15.9. The maximum absolute atomic E-state index is 12.0. The van der Waals surface area contributed by atoms with E-state index in [1.54, 1.807) is 7.11 Å². The second-order valence-electron chi connectivity index (χ2n) is 5.34. The molecule has 2 aromatic carbocycles. The number of ether oxygens (including phenoxy) is 1. The van der Waals surface area contributed by atoms with E-state index in [-0.39, 0.29) is 5.91 Å². The van der Waals surface area contributed by atoms with Crippen molar-refractivity contribution < 1.29 is 9.53 Å². The molecule has 2 rings (SSSR count). The van der Waals surface area contributed by atoms with Crippen molar-refractivity contribution in [1.82, 2.24) is 5.32 Å². The van der Waals surface area contributed by atoms with Gasteiger partial charge in [0.2, 0.25) is 5.91 Å². The fourth-order valence-corrected chi connectivity index (χ4v) is 2.41. The summed E-state index contributed by atoms with van der Waals surface area (Å²) in [5.74, 6) is 0.841. The zero-order valence-electron chi connectivity index (χ0n) is 13.8. The number of hydrogen-bond acceptors (Lipinski definition) is 3. The van der Waals surface area contributed by atoms with Crippen LogP contribution in [-0.4, -0.2) is 26.1 Å². The lowest BCUT2D eigenvalue weighted by Crippen LogP contribution is -2.29. The van der Waals surface area contributed by atoms with Gasteiger partial charge >= 0.3 is 0 Å². The average Bonchev–Trinajstić information content (AvgIpc) is 2.59. The molecule has 0 fully saturated rings. The van der Waals surface area contributed by atoms with Gasteiger partial charge in [0.25, 0.3) is 0 Å². The number of anilines is 1. The summed E-state index contributed by atoms with van der Waals surface area (Å²) in [5, 5.41) is 6.13. The highest BCUT2D eigenvalue weighted by molar-refractivity contribution is 5.92. The fraction of sp³-hybridized carbons (Fsp3) is 0.316. The Morgan fingerprint density at radius 1 is 1.13 bits per heavy atom. The van der Waals surface area contributed by atoms with Gasteiger partial charge in [-0.15, -0.1) is 0 Å². The number of amides is 1. The lowest BCUT2D eigenvalue weighted by atomic mass is 10.1. The fourth-order valence-electron chi connectivity index (χ4n) is 2.41. The van der Waals surface area contributed by atoms with Crippen LogP contribution in [0.4, 0.5) is 5.69 Å². The van der Waals surface area contributed by atoms with Gasteiger partial charge in [0.05, 0.1) is 13.7 Å². The van der Waals surface area contributed by atoms with Crippen LogP contribution in [0.1, 0.15) is 18.1 Å². The van der Waals surface area contributed by atoms with E-state index in [9.17, 15) is 4.79 Å². The van der Waals surface area contributed by atoms with Crippen molar-refractivity contribution >= 4 is 11.6 Å². The van der Waals surface area contributed by atoms with Gasteiger partial charge in [0, 0.05) is 5.69 Å². The van der Waals surface area contributed by atoms with Gasteiger partial charge in [-0.3, -0.25) is 4.79 Å². The van der Waals surface area contributed by atoms with E-state index in [1.807, 2.05) is 42.5 Å². The minimum absolute atomic E-state index is 0.0171.